The summed E-state index contributed by atoms with van der Waals surface area (Å²) in [6.07, 6.45) is 3.76. The van der Waals surface area contributed by atoms with Crippen LogP contribution in [0.1, 0.15) is 28.8 Å². The van der Waals surface area contributed by atoms with Gasteiger partial charge in [-0.15, -0.1) is 4.40 Å². The van der Waals surface area contributed by atoms with E-state index in [1.165, 1.54) is 0 Å². The van der Waals surface area contributed by atoms with Gasteiger partial charge in [0.05, 0.1) is 15.9 Å². The minimum atomic E-state index is -4.05. The zero-order valence-corrected chi connectivity index (χ0v) is 25.3. The summed E-state index contributed by atoms with van der Waals surface area (Å²) < 4.78 is 33.3. The molecule has 7 nitrogen and oxygen atoms in total. The highest BCUT2D eigenvalue weighted by Crippen LogP contribution is 2.30. The van der Waals surface area contributed by atoms with Crippen LogP contribution in [0.3, 0.4) is 0 Å². The van der Waals surface area contributed by atoms with Gasteiger partial charge in [-0.05, 0) is 104 Å². The summed E-state index contributed by atoms with van der Waals surface area (Å²) in [6.45, 7) is 1.90. The highest BCUT2D eigenvalue weighted by molar-refractivity contribution is 7.90. The number of aromatic nitrogens is 2. The van der Waals surface area contributed by atoms with Crippen LogP contribution in [0.2, 0.25) is 5.02 Å². The Kier molecular flexibility index (Phi) is 7.03. The number of sulfonamides is 1. The Balaban J connectivity index is 1.49. The molecule has 44 heavy (non-hydrogen) atoms. The van der Waals surface area contributed by atoms with Gasteiger partial charge in [0.25, 0.3) is 15.9 Å². The minimum Gasteiger partial charge on any atom is -0.349 e. The second kappa shape index (κ2) is 11.0. The normalized spacial score (nSPS) is 13.8. The van der Waals surface area contributed by atoms with Crippen molar-refractivity contribution in [1.29, 1.82) is 0 Å². The van der Waals surface area contributed by atoms with Crippen molar-refractivity contribution in [3.63, 3.8) is 0 Å². The number of aryl methyl sites for hydroxylation is 1. The molecule has 218 valence electrons. The molecule has 1 aliphatic carbocycles. The summed E-state index contributed by atoms with van der Waals surface area (Å²) in [6, 6.07) is 31.1. The van der Waals surface area contributed by atoms with Crippen molar-refractivity contribution < 1.29 is 13.2 Å². The predicted molar refractivity (Wildman–Crippen MR) is 173 cm³/mol. The first kappa shape index (κ1) is 28.0. The summed E-state index contributed by atoms with van der Waals surface area (Å²) in [4.78, 5) is 17.5. The Hall–Kier alpha value is -4.79. The molecule has 1 aliphatic rings. The quantitative estimate of drug-likeness (QED) is 0.204. The van der Waals surface area contributed by atoms with Gasteiger partial charge in [-0.25, -0.2) is 0 Å². The molecule has 2 heterocycles. The van der Waals surface area contributed by atoms with Crippen LogP contribution in [0, 0.1) is 6.92 Å². The van der Waals surface area contributed by atoms with Crippen LogP contribution >= 0.6 is 11.6 Å². The Labute approximate surface area is 259 Å². The lowest BCUT2D eigenvalue weighted by atomic mass is 10.0. The number of nitrogens with zero attached hydrogens (tertiary/aromatic N) is 3. The number of hydrogen-bond donors (Lipinski definition) is 1. The van der Waals surface area contributed by atoms with Gasteiger partial charge in [0.15, 0.2) is 5.49 Å². The molecule has 9 heteroatoms. The monoisotopic (exact) mass is 618 g/mol. The fraction of sp³-hybridized carbons (Fsp3) is 0.114. The van der Waals surface area contributed by atoms with E-state index in [9.17, 15) is 13.2 Å². The maximum absolute atomic E-state index is 13.6. The third-order valence-electron chi connectivity index (χ3n) is 7.74. The number of carbonyl (C=O) groups is 1. The van der Waals surface area contributed by atoms with E-state index >= 15 is 0 Å². The van der Waals surface area contributed by atoms with Gasteiger partial charge in [-0.3, -0.25) is 14.3 Å². The van der Waals surface area contributed by atoms with Gasteiger partial charge in [-0.1, -0.05) is 47.5 Å². The molecule has 7 rings (SSSR count). The average molecular weight is 619 g/mol. The van der Waals surface area contributed by atoms with Gasteiger partial charge in [0.2, 0.25) is 0 Å². The van der Waals surface area contributed by atoms with E-state index in [0.29, 0.717) is 16.3 Å². The van der Waals surface area contributed by atoms with E-state index in [1.54, 1.807) is 48.7 Å². The van der Waals surface area contributed by atoms with Crippen LogP contribution in [0.25, 0.3) is 38.6 Å². The molecule has 4 aromatic carbocycles. The van der Waals surface area contributed by atoms with E-state index in [0.717, 1.165) is 51.3 Å². The van der Waals surface area contributed by atoms with E-state index in [-0.39, 0.29) is 22.3 Å². The topological polar surface area (TPSA) is 93.4 Å². The van der Waals surface area contributed by atoms with Crippen LogP contribution in [-0.4, -0.2) is 29.9 Å². The number of benzene rings is 4. The highest BCUT2D eigenvalue weighted by Gasteiger charge is 2.24. The summed E-state index contributed by atoms with van der Waals surface area (Å²) in [7, 11) is -4.05. The minimum absolute atomic E-state index is 0.103. The Morgan fingerprint density at radius 2 is 1.59 bits per heavy atom. The van der Waals surface area contributed by atoms with Crippen molar-refractivity contribution in [2.24, 2.45) is 4.40 Å². The highest BCUT2D eigenvalue weighted by atomic mass is 35.5. The second-order valence-electron chi connectivity index (χ2n) is 11.0. The molecule has 2 aromatic heterocycles. The molecule has 0 atom stereocenters. The molecular weight excluding hydrogens is 592 g/mol. The lowest BCUT2D eigenvalue weighted by Crippen LogP contribution is -2.25. The van der Waals surface area contributed by atoms with Crippen molar-refractivity contribution in [2.75, 3.05) is 0 Å². The number of amides is 1. The van der Waals surface area contributed by atoms with Crippen molar-refractivity contribution in [3.8, 4) is 16.8 Å². The van der Waals surface area contributed by atoms with Crippen molar-refractivity contribution >= 4 is 49.3 Å². The third-order valence-corrected chi connectivity index (χ3v) is 9.29. The van der Waals surface area contributed by atoms with E-state index in [4.69, 9.17) is 11.6 Å². The van der Waals surface area contributed by atoms with Gasteiger partial charge in [-0.2, -0.15) is 8.42 Å². The first-order chi connectivity index (χ1) is 21.2. The number of halogens is 1. The SMILES string of the molecule is Cc1ccc(S(=O)(=O)N=c2ccc3cnc4ccc(-c5ccc(Cl)cc5)cc4c3n2-c2ccc(C(=O)NC3CC3)cc2)cc1. The lowest BCUT2D eigenvalue weighted by molar-refractivity contribution is 0.0951. The molecule has 0 bridgehead atoms. The molecule has 0 unspecified atom stereocenters. The molecule has 6 aromatic rings. The average Bonchev–Trinajstić information content (AvgIpc) is 3.85. The largest absolute Gasteiger partial charge is 0.349 e. The lowest BCUT2D eigenvalue weighted by Gasteiger charge is -2.16. The summed E-state index contributed by atoms with van der Waals surface area (Å²) in [5.41, 5.74) is 5.77. The first-order valence-electron chi connectivity index (χ1n) is 14.2. The van der Waals surface area contributed by atoms with Crippen LogP contribution in [0.15, 0.2) is 119 Å². The number of pyridine rings is 2. The van der Waals surface area contributed by atoms with Gasteiger partial charge >= 0.3 is 0 Å². The predicted octanol–water partition coefficient (Wildman–Crippen LogP) is 6.99. The molecule has 1 N–H and O–H groups in total. The molecule has 0 radical (unpaired) electrons. The van der Waals surface area contributed by atoms with E-state index < -0.39 is 10.0 Å². The van der Waals surface area contributed by atoms with Gasteiger partial charge < -0.3 is 5.32 Å². The Morgan fingerprint density at radius 1 is 0.886 bits per heavy atom. The molecule has 0 spiro atoms. The summed E-state index contributed by atoms with van der Waals surface area (Å²) >= 11 is 6.14. The fourth-order valence-electron chi connectivity index (χ4n) is 5.22. The number of nitrogens with one attached hydrogen (secondary N) is 1. The summed E-state index contributed by atoms with van der Waals surface area (Å²) in [5, 5.41) is 5.27. The zero-order chi connectivity index (χ0) is 30.4. The second-order valence-corrected chi connectivity index (χ2v) is 13.0. The zero-order valence-electron chi connectivity index (χ0n) is 23.7. The van der Waals surface area contributed by atoms with E-state index in [1.807, 2.05) is 72.2 Å². The van der Waals surface area contributed by atoms with Crippen molar-refractivity contribution in [3.05, 3.63) is 131 Å². The number of hydrogen-bond acceptors (Lipinski definition) is 4. The van der Waals surface area contributed by atoms with Crippen LogP contribution in [-0.2, 0) is 10.0 Å². The molecule has 1 amide bonds. The first-order valence-corrected chi connectivity index (χ1v) is 16.1. The van der Waals surface area contributed by atoms with Gasteiger partial charge in [0.1, 0.15) is 0 Å². The third kappa shape index (κ3) is 5.50. The van der Waals surface area contributed by atoms with Crippen LogP contribution in [0.4, 0.5) is 0 Å². The molecule has 0 saturated heterocycles. The molecule has 1 saturated carbocycles. The fourth-order valence-corrected chi connectivity index (χ4v) is 6.32. The maximum atomic E-state index is 13.6. The Bertz CT molecular complexity index is 2240. The number of carbonyl (C=O) groups excluding carboxylic acids is 1. The van der Waals surface area contributed by atoms with Crippen molar-refractivity contribution in [2.45, 2.75) is 30.7 Å². The van der Waals surface area contributed by atoms with Crippen LogP contribution in [0.5, 0.6) is 0 Å². The number of fused-ring (bicyclic) bond motifs is 3. The van der Waals surface area contributed by atoms with E-state index in [2.05, 4.69) is 14.7 Å². The summed E-state index contributed by atoms with van der Waals surface area (Å²) in [5.74, 6) is -0.129. The van der Waals surface area contributed by atoms with Crippen LogP contribution < -0.4 is 10.8 Å². The Morgan fingerprint density at radius 3 is 2.30 bits per heavy atom. The number of rotatable bonds is 6. The van der Waals surface area contributed by atoms with Crippen molar-refractivity contribution in [1.82, 2.24) is 14.9 Å². The standard InChI is InChI=1S/C35H27ClN4O3S/c1-22-2-16-30(17-3-22)44(42,43)39-33-19-9-26-21-37-32-18-8-25(23-4-10-27(36)11-5-23)20-31(32)34(26)40(33)29-14-6-24(7-15-29)35(41)38-28-12-13-28/h2-11,14-21,28H,12-13H2,1H3,(H,38,41). The molecule has 0 aliphatic heterocycles. The molecule has 1 fully saturated rings. The smallest absolute Gasteiger partial charge is 0.284 e. The molecular formula is C35H27ClN4O3S. The van der Waals surface area contributed by atoms with Gasteiger partial charge in [0, 0.05) is 39.3 Å². The maximum Gasteiger partial charge on any atom is 0.284 e.